The second-order valence-corrected chi connectivity index (χ2v) is 5.03. The molecule has 6 heteroatoms. The van der Waals surface area contributed by atoms with Crippen LogP contribution in [0.1, 0.15) is 11.1 Å². The van der Waals surface area contributed by atoms with Crippen LogP contribution >= 0.6 is 12.2 Å². The van der Waals surface area contributed by atoms with Gasteiger partial charge in [0.1, 0.15) is 0 Å². The van der Waals surface area contributed by atoms with Crippen molar-refractivity contribution in [3.8, 4) is 11.5 Å². The number of nitrogens with one attached hydrogen (secondary N) is 2. The molecule has 0 spiro atoms. The Morgan fingerprint density at radius 3 is 2.57 bits per heavy atom. The molecule has 0 aliphatic carbocycles. The Kier molecular flexibility index (Phi) is 6.38. The number of hydrogen-bond donors (Lipinski definition) is 2. The van der Waals surface area contributed by atoms with Crippen molar-refractivity contribution in [2.45, 2.75) is 6.54 Å². The van der Waals surface area contributed by atoms with Crippen LogP contribution in [0.15, 0.2) is 53.6 Å². The van der Waals surface area contributed by atoms with Gasteiger partial charge in [0.15, 0.2) is 16.6 Å². The summed E-state index contributed by atoms with van der Waals surface area (Å²) in [6, 6.07) is 15.6. The van der Waals surface area contributed by atoms with Crippen molar-refractivity contribution < 1.29 is 9.47 Å². The van der Waals surface area contributed by atoms with Crippen LogP contribution in [0.4, 0.5) is 0 Å². The summed E-state index contributed by atoms with van der Waals surface area (Å²) in [6.45, 7) is 0.644. The molecule has 0 aromatic heterocycles. The van der Waals surface area contributed by atoms with Gasteiger partial charge in [0.05, 0.1) is 20.4 Å². The fourth-order valence-electron chi connectivity index (χ4n) is 1.99. The van der Waals surface area contributed by atoms with Gasteiger partial charge in [-0.3, -0.25) is 5.43 Å². The monoisotopic (exact) mass is 329 g/mol. The molecule has 0 fully saturated rings. The summed E-state index contributed by atoms with van der Waals surface area (Å²) in [7, 11) is 3.19. The predicted molar refractivity (Wildman–Crippen MR) is 96.2 cm³/mol. The van der Waals surface area contributed by atoms with Crippen molar-refractivity contribution in [1.82, 2.24) is 10.7 Å². The van der Waals surface area contributed by atoms with Crippen LogP contribution in [-0.2, 0) is 6.54 Å². The van der Waals surface area contributed by atoms with Crippen molar-refractivity contribution in [2.75, 3.05) is 14.2 Å². The van der Waals surface area contributed by atoms with Crippen LogP contribution in [0.3, 0.4) is 0 Å². The smallest absolute Gasteiger partial charge is 0.187 e. The molecule has 2 aromatic carbocycles. The summed E-state index contributed by atoms with van der Waals surface area (Å²) >= 11 is 5.19. The second-order valence-electron chi connectivity index (χ2n) is 4.62. The lowest BCUT2D eigenvalue weighted by molar-refractivity contribution is 0.354. The summed E-state index contributed by atoms with van der Waals surface area (Å²) in [6.07, 6.45) is 1.64. The number of benzene rings is 2. The first-order valence-electron chi connectivity index (χ1n) is 7.06. The topological polar surface area (TPSA) is 54.9 Å². The molecule has 0 aliphatic heterocycles. The summed E-state index contributed by atoms with van der Waals surface area (Å²) in [5.74, 6) is 1.28. The summed E-state index contributed by atoms with van der Waals surface area (Å²) in [5, 5.41) is 7.66. The van der Waals surface area contributed by atoms with Gasteiger partial charge in [-0.05, 0) is 29.9 Å². The molecule has 2 N–H and O–H groups in total. The minimum atomic E-state index is 0.451. The van der Waals surface area contributed by atoms with Crippen LogP contribution in [0.2, 0.25) is 0 Å². The molecule has 0 heterocycles. The van der Waals surface area contributed by atoms with E-state index in [4.69, 9.17) is 21.7 Å². The van der Waals surface area contributed by atoms with E-state index in [0.717, 1.165) is 11.1 Å². The van der Waals surface area contributed by atoms with E-state index < -0.39 is 0 Å². The minimum absolute atomic E-state index is 0.451. The first kappa shape index (κ1) is 16.8. The van der Waals surface area contributed by atoms with E-state index in [9.17, 15) is 0 Å². The van der Waals surface area contributed by atoms with E-state index in [0.29, 0.717) is 23.2 Å². The van der Waals surface area contributed by atoms with E-state index in [-0.39, 0.29) is 0 Å². The van der Waals surface area contributed by atoms with Crippen molar-refractivity contribution >= 4 is 23.5 Å². The van der Waals surface area contributed by atoms with Crippen molar-refractivity contribution in [1.29, 1.82) is 0 Å². The average Bonchev–Trinajstić information content (AvgIpc) is 2.60. The van der Waals surface area contributed by atoms with Gasteiger partial charge in [-0.1, -0.05) is 36.4 Å². The SMILES string of the molecule is COc1cccc(/C=N\NC(=S)NCc2ccccc2)c1OC. The highest BCUT2D eigenvalue weighted by Crippen LogP contribution is 2.29. The number of methoxy groups -OCH3 is 2. The van der Waals surface area contributed by atoms with Crippen LogP contribution in [0.25, 0.3) is 0 Å². The molecular weight excluding hydrogens is 310 g/mol. The van der Waals surface area contributed by atoms with E-state index in [1.807, 2.05) is 48.5 Å². The van der Waals surface area contributed by atoms with E-state index >= 15 is 0 Å². The molecule has 0 unspecified atom stereocenters. The highest BCUT2D eigenvalue weighted by atomic mass is 32.1. The lowest BCUT2D eigenvalue weighted by atomic mass is 10.2. The fourth-order valence-corrected chi connectivity index (χ4v) is 2.12. The Morgan fingerprint density at radius 1 is 1.09 bits per heavy atom. The summed E-state index contributed by atoms with van der Waals surface area (Å²) in [4.78, 5) is 0. The van der Waals surface area contributed by atoms with Crippen molar-refractivity contribution in [2.24, 2.45) is 5.10 Å². The van der Waals surface area contributed by atoms with Crippen molar-refractivity contribution in [3.63, 3.8) is 0 Å². The number of rotatable bonds is 6. The number of thiocarbonyl (C=S) groups is 1. The van der Waals surface area contributed by atoms with Gasteiger partial charge in [0, 0.05) is 12.1 Å². The third-order valence-corrected chi connectivity index (χ3v) is 3.33. The first-order chi connectivity index (χ1) is 11.2. The number of ether oxygens (including phenoxy) is 2. The molecule has 2 rings (SSSR count). The lowest BCUT2D eigenvalue weighted by Crippen LogP contribution is -2.31. The summed E-state index contributed by atoms with van der Waals surface area (Å²) in [5.41, 5.74) is 4.73. The average molecular weight is 329 g/mol. The Morgan fingerprint density at radius 2 is 1.87 bits per heavy atom. The van der Waals surface area contributed by atoms with Crippen LogP contribution in [-0.4, -0.2) is 25.5 Å². The molecule has 23 heavy (non-hydrogen) atoms. The molecule has 2 aromatic rings. The highest BCUT2D eigenvalue weighted by Gasteiger charge is 2.07. The Bertz CT molecular complexity index is 675. The van der Waals surface area contributed by atoms with E-state index in [2.05, 4.69) is 15.8 Å². The molecular formula is C17H19N3O2S. The zero-order valence-electron chi connectivity index (χ0n) is 13.1. The lowest BCUT2D eigenvalue weighted by Gasteiger charge is -2.10. The zero-order valence-corrected chi connectivity index (χ0v) is 13.9. The molecule has 120 valence electrons. The van der Waals surface area contributed by atoms with Gasteiger partial charge in [0.25, 0.3) is 0 Å². The van der Waals surface area contributed by atoms with Crippen LogP contribution < -0.4 is 20.2 Å². The standard InChI is InChI=1S/C17H19N3O2S/c1-21-15-10-6-9-14(16(15)22-2)12-19-20-17(23)18-11-13-7-4-3-5-8-13/h3-10,12H,11H2,1-2H3,(H2,18,20,23)/b19-12-. The molecule has 0 aliphatic rings. The summed E-state index contributed by atoms with van der Waals surface area (Å²) < 4.78 is 10.6. The van der Waals surface area contributed by atoms with E-state index in [1.54, 1.807) is 20.4 Å². The van der Waals surface area contributed by atoms with Gasteiger partial charge in [-0.15, -0.1) is 0 Å². The van der Waals surface area contributed by atoms with Gasteiger partial charge < -0.3 is 14.8 Å². The van der Waals surface area contributed by atoms with Crippen molar-refractivity contribution in [3.05, 3.63) is 59.7 Å². The quantitative estimate of drug-likeness (QED) is 0.485. The zero-order chi connectivity index (χ0) is 16.5. The number of hydrazone groups is 1. The van der Waals surface area contributed by atoms with Gasteiger partial charge in [-0.25, -0.2) is 0 Å². The highest BCUT2D eigenvalue weighted by molar-refractivity contribution is 7.80. The second kappa shape index (κ2) is 8.75. The Balaban J connectivity index is 1.90. The minimum Gasteiger partial charge on any atom is -0.493 e. The van der Waals surface area contributed by atoms with Crippen LogP contribution in [0, 0.1) is 0 Å². The predicted octanol–water partition coefficient (Wildman–Crippen LogP) is 2.70. The van der Waals surface area contributed by atoms with Crippen LogP contribution in [0.5, 0.6) is 11.5 Å². The molecule has 0 saturated heterocycles. The third-order valence-electron chi connectivity index (χ3n) is 3.10. The molecule has 0 saturated carbocycles. The molecule has 0 amide bonds. The maximum Gasteiger partial charge on any atom is 0.187 e. The Hall–Kier alpha value is -2.60. The maximum absolute atomic E-state index is 5.34. The number of hydrogen-bond acceptors (Lipinski definition) is 4. The normalized spacial score (nSPS) is 10.3. The molecule has 5 nitrogen and oxygen atoms in total. The third kappa shape index (κ3) is 4.96. The molecule has 0 atom stereocenters. The van der Waals surface area contributed by atoms with Gasteiger partial charge in [0.2, 0.25) is 0 Å². The van der Waals surface area contributed by atoms with E-state index in [1.165, 1.54) is 0 Å². The number of nitrogens with zero attached hydrogens (tertiary/aromatic N) is 1. The first-order valence-corrected chi connectivity index (χ1v) is 7.47. The molecule has 0 bridgehead atoms. The maximum atomic E-state index is 5.34. The largest absolute Gasteiger partial charge is 0.493 e. The molecule has 0 radical (unpaired) electrons. The Labute approximate surface area is 141 Å². The fraction of sp³-hybridized carbons (Fsp3) is 0.176. The van der Waals surface area contributed by atoms with Gasteiger partial charge in [-0.2, -0.15) is 5.10 Å². The van der Waals surface area contributed by atoms with Gasteiger partial charge >= 0.3 is 0 Å². The number of para-hydroxylation sites is 1.